The maximum Gasteiger partial charge on any atom is 0.136 e. The highest BCUT2D eigenvalue weighted by molar-refractivity contribution is 6.27. The van der Waals surface area contributed by atoms with Crippen molar-refractivity contribution in [3.8, 4) is 55.6 Å². The fourth-order valence-corrected chi connectivity index (χ4v) is 8.01. The predicted octanol–water partition coefficient (Wildman–Crippen LogP) is 14.2. The summed E-state index contributed by atoms with van der Waals surface area (Å²) in [7, 11) is 0. The molecular weight excluding hydrogens is 617 g/mol. The molecule has 1 heterocycles. The SMILES string of the molecule is c1ccc(-c2cc(-c3ccccc3)cc(-c3ccc4oc5ccccc5c4c3-c3c4ccccc4c(-c4ccccc4)c4ccccc34)c2)cc1. The minimum atomic E-state index is 0.887. The molecule has 10 rings (SSSR count). The third kappa shape index (κ3) is 4.86. The van der Waals surface area contributed by atoms with Crippen molar-refractivity contribution < 1.29 is 4.42 Å². The van der Waals surface area contributed by atoms with Crippen LogP contribution in [0.2, 0.25) is 0 Å². The number of furan rings is 1. The van der Waals surface area contributed by atoms with Gasteiger partial charge in [-0.25, -0.2) is 0 Å². The molecule has 0 N–H and O–H groups in total. The normalized spacial score (nSPS) is 11.5. The van der Waals surface area contributed by atoms with E-state index >= 15 is 0 Å². The molecule has 0 unspecified atom stereocenters. The first-order chi connectivity index (χ1) is 25.3. The second kappa shape index (κ2) is 12.0. The molecule has 0 saturated heterocycles. The molecule has 0 spiro atoms. The van der Waals surface area contributed by atoms with Gasteiger partial charge in [-0.15, -0.1) is 0 Å². The number of hydrogen-bond acceptors (Lipinski definition) is 1. The average molecular weight is 649 g/mol. The van der Waals surface area contributed by atoms with E-state index in [9.17, 15) is 0 Å². The number of benzene rings is 9. The molecule has 10 aromatic rings. The summed E-state index contributed by atoms with van der Waals surface area (Å²) in [5.74, 6) is 0. The Morgan fingerprint density at radius 1 is 0.255 bits per heavy atom. The van der Waals surface area contributed by atoms with E-state index in [1.807, 2.05) is 0 Å². The third-order valence-corrected chi connectivity index (χ3v) is 10.2. The summed E-state index contributed by atoms with van der Waals surface area (Å²) in [6, 6.07) is 70.0. The van der Waals surface area contributed by atoms with Crippen LogP contribution in [0.4, 0.5) is 0 Å². The van der Waals surface area contributed by atoms with Gasteiger partial charge in [0.15, 0.2) is 0 Å². The van der Waals surface area contributed by atoms with Crippen LogP contribution in [0.25, 0.3) is 99.1 Å². The molecule has 1 aromatic heterocycles. The van der Waals surface area contributed by atoms with Gasteiger partial charge in [0.25, 0.3) is 0 Å². The molecule has 0 radical (unpaired) electrons. The smallest absolute Gasteiger partial charge is 0.136 e. The zero-order chi connectivity index (χ0) is 33.7. The summed E-state index contributed by atoms with van der Waals surface area (Å²) in [6.07, 6.45) is 0. The zero-order valence-corrected chi connectivity index (χ0v) is 27.9. The molecule has 51 heavy (non-hydrogen) atoms. The van der Waals surface area contributed by atoms with Gasteiger partial charge in [0.1, 0.15) is 11.2 Å². The van der Waals surface area contributed by atoms with Gasteiger partial charge >= 0.3 is 0 Å². The molecule has 1 nitrogen and oxygen atoms in total. The molecule has 0 aliphatic rings. The lowest BCUT2D eigenvalue weighted by Gasteiger charge is -2.21. The van der Waals surface area contributed by atoms with Crippen LogP contribution in [0.3, 0.4) is 0 Å². The van der Waals surface area contributed by atoms with Crippen LogP contribution in [0.5, 0.6) is 0 Å². The maximum atomic E-state index is 6.61. The highest BCUT2D eigenvalue weighted by Gasteiger charge is 2.24. The minimum Gasteiger partial charge on any atom is -0.456 e. The largest absolute Gasteiger partial charge is 0.456 e. The molecule has 0 amide bonds. The van der Waals surface area contributed by atoms with Crippen molar-refractivity contribution >= 4 is 43.5 Å². The van der Waals surface area contributed by atoms with Gasteiger partial charge in [-0.2, -0.15) is 0 Å². The van der Waals surface area contributed by atoms with Crippen LogP contribution >= 0.6 is 0 Å². The van der Waals surface area contributed by atoms with Gasteiger partial charge in [-0.05, 0) is 102 Å². The van der Waals surface area contributed by atoms with Gasteiger partial charge in [-0.1, -0.05) is 164 Å². The number of para-hydroxylation sites is 1. The first-order valence-corrected chi connectivity index (χ1v) is 17.5. The van der Waals surface area contributed by atoms with Crippen molar-refractivity contribution in [1.82, 2.24) is 0 Å². The first-order valence-electron chi connectivity index (χ1n) is 17.5. The summed E-state index contributed by atoms with van der Waals surface area (Å²) >= 11 is 0. The number of fused-ring (bicyclic) bond motifs is 5. The zero-order valence-electron chi connectivity index (χ0n) is 27.9. The van der Waals surface area contributed by atoms with Gasteiger partial charge in [0, 0.05) is 16.3 Å². The monoisotopic (exact) mass is 648 g/mol. The summed E-state index contributed by atoms with van der Waals surface area (Å²) in [4.78, 5) is 0. The summed E-state index contributed by atoms with van der Waals surface area (Å²) in [5.41, 5.74) is 13.7. The Labute approximate surface area is 296 Å². The fraction of sp³-hybridized carbons (Fsp3) is 0. The van der Waals surface area contributed by atoms with Crippen molar-refractivity contribution in [3.63, 3.8) is 0 Å². The Bertz CT molecular complexity index is 2770. The number of rotatable bonds is 5. The Morgan fingerprint density at radius 3 is 1.24 bits per heavy atom. The standard InChI is InChI=1S/C50H32O/c1-4-16-33(17-5-1)36-30-37(34-18-6-2-7-19-34)32-38(31-36)39-28-29-46-49(44-26-14-15-27-45(44)51-46)50(39)48-42-24-12-10-22-40(42)47(35-20-8-3-9-21-35)41-23-11-13-25-43(41)48/h1-32H. The van der Waals surface area contributed by atoms with Crippen LogP contribution in [-0.4, -0.2) is 0 Å². The Hall–Kier alpha value is -6.70. The molecule has 1 heteroatoms. The molecule has 9 aromatic carbocycles. The highest BCUT2D eigenvalue weighted by Crippen LogP contribution is 2.50. The van der Waals surface area contributed by atoms with E-state index in [2.05, 4.69) is 194 Å². The van der Waals surface area contributed by atoms with E-state index in [0.717, 1.165) is 27.5 Å². The molecule has 0 bridgehead atoms. The molecule has 0 saturated carbocycles. The van der Waals surface area contributed by atoms with E-state index < -0.39 is 0 Å². The van der Waals surface area contributed by atoms with Crippen LogP contribution in [0, 0.1) is 0 Å². The minimum absolute atomic E-state index is 0.887. The second-order valence-electron chi connectivity index (χ2n) is 13.2. The van der Waals surface area contributed by atoms with Crippen molar-refractivity contribution in [1.29, 1.82) is 0 Å². The van der Waals surface area contributed by atoms with Crippen molar-refractivity contribution in [2.45, 2.75) is 0 Å². The van der Waals surface area contributed by atoms with Crippen molar-refractivity contribution in [3.05, 3.63) is 194 Å². The summed E-state index contributed by atoms with van der Waals surface area (Å²) in [6.45, 7) is 0. The van der Waals surface area contributed by atoms with Crippen molar-refractivity contribution in [2.75, 3.05) is 0 Å². The van der Waals surface area contributed by atoms with Crippen LogP contribution < -0.4 is 0 Å². The Kier molecular flexibility index (Phi) is 6.89. The van der Waals surface area contributed by atoms with E-state index in [1.165, 1.54) is 71.6 Å². The maximum absolute atomic E-state index is 6.61. The van der Waals surface area contributed by atoms with Crippen molar-refractivity contribution in [2.24, 2.45) is 0 Å². The second-order valence-corrected chi connectivity index (χ2v) is 13.2. The molecule has 0 atom stereocenters. The Balaban J connectivity index is 1.38. The lowest BCUT2D eigenvalue weighted by atomic mass is 9.81. The first kappa shape index (κ1) is 29.2. The predicted molar refractivity (Wildman–Crippen MR) is 216 cm³/mol. The van der Waals surface area contributed by atoms with Crippen LogP contribution in [-0.2, 0) is 0 Å². The topological polar surface area (TPSA) is 13.1 Å². The highest BCUT2D eigenvalue weighted by atomic mass is 16.3. The third-order valence-electron chi connectivity index (χ3n) is 10.2. The average Bonchev–Trinajstić information content (AvgIpc) is 3.59. The lowest BCUT2D eigenvalue weighted by Crippen LogP contribution is -1.94. The summed E-state index contributed by atoms with van der Waals surface area (Å²) in [5, 5.41) is 7.16. The van der Waals surface area contributed by atoms with Crippen LogP contribution in [0.1, 0.15) is 0 Å². The van der Waals surface area contributed by atoms with E-state index in [4.69, 9.17) is 4.42 Å². The molecule has 0 fully saturated rings. The molecule has 0 aliphatic heterocycles. The molecule has 0 aliphatic carbocycles. The van der Waals surface area contributed by atoms with Gasteiger partial charge in [0.05, 0.1) is 0 Å². The lowest BCUT2D eigenvalue weighted by molar-refractivity contribution is 0.669. The van der Waals surface area contributed by atoms with E-state index in [-0.39, 0.29) is 0 Å². The quantitative estimate of drug-likeness (QED) is 0.169. The van der Waals surface area contributed by atoms with Crippen LogP contribution in [0.15, 0.2) is 199 Å². The summed E-state index contributed by atoms with van der Waals surface area (Å²) < 4.78 is 6.61. The number of hydrogen-bond donors (Lipinski definition) is 0. The molecular formula is C50H32O. The van der Waals surface area contributed by atoms with E-state index in [0.29, 0.717) is 0 Å². The Morgan fingerprint density at radius 2 is 0.686 bits per heavy atom. The molecule has 238 valence electrons. The van der Waals surface area contributed by atoms with E-state index in [1.54, 1.807) is 0 Å². The fourth-order valence-electron chi connectivity index (χ4n) is 8.01. The van der Waals surface area contributed by atoms with Gasteiger partial charge in [-0.3, -0.25) is 0 Å². The van der Waals surface area contributed by atoms with Gasteiger partial charge < -0.3 is 4.42 Å². The van der Waals surface area contributed by atoms with Gasteiger partial charge in [0.2, 0.25) is 0 Å².